The summed E-state index contributed by atoms with van der Waals surface area (Å²) in [6.45, 7) is 2.74. The summed E-state index contributed by atoms with van der Waals surface area (Å²) >= 11 is 0. The zero-order valence-corrected chi connectivity index (χ0v) is 10.5. The molecule has 1 aromatic heterocycles. The predicted octanol–water partition coefficient (Wildman–Crippen LogP) is 3.03. The van der Waals surface area contributed by atoms with Crippen molar-refractivity contribution in [3.63, 3.8) is 0 Å². The Morgan fingerprint density at radius 2 is 2.17 bits per heavy atom. The highest BCUT2D eigenvalue weighted by molar-refractivity contribution is 5.28. The second-order valence-electron chi connectivity index (χ2n) is 4.10. The van der Waals surface area contributed by atoms with Gasteiger partial charge in [-0.15, -0.1) is 0 Å². The monoisotopic (exact) mass is 249 g/mol. The van der Waals surface area contributed by atoms with E-state index in [9.17, 15) is 4.39 Å². The van der Waals surface area contributed by atoms with Crippen LogP contribution in [0.25, 0.3) is 0 Å². The van der Waals surface area contributed by atoms with Crippen LogP contribution in [0.1, 0.15) is 16.9 Å². The quantitative estimate of drug-likeness (QED) is 0.884. The molecule has 0 bridgehead atoms. The number of ether oxygens (including phenoxy) is 1. The second-order valence-corrected chi connectivity index (χ2v) is 4.10. The van der Waals surface area contributed by atoms with Gasteiger partial charge in [0.1, 0.15) is 23.9 Å². The van der Waals surface area contributed by atoms with Gasteiger partial charge in [-0.25, -0.2) is 4.39 Å². The van der Waals surface area contributed by atoms with Crippen molar-refractivity contribution in [2.45, 2.75) is 20.1 Å². The number of aryl methyl sites for hydroxylation is 1. The van der Waals surface area contributed by atoms with Crippen LogP contribution in [0.5, 0.6) is 5.75 Å². The third kappa shape index (κ3) is 2.90. The fraction of sp³-hybridized carbons (Fsp3) is 0.286. The summed E-state index contributed by atoms with van der Waals surface area (Å²) in [5.41, 5.74) is 1.65. The van der Waals surface area contributed by atoms with Gasteiger partial charge in [-0.3, -0.25) is 0 Å². The van der Waals surface area contributed by atoms with Gasteiger partial charge in [0.2, 0.25) is 0 Å². The summed E-state index contributed by atoms with van der Waals surface area (Å²) in [6, 6.07) is 6.72. The van der Waals surface area contributed by atoms with Gasteiger partial charge in [-0.1, -0.05) is 6.07 Å². The van der Waals surface area contributed by atoms with Crippen LogP contribution in [0.2, 0.25) is 0 Å². The van der Waals surface area contributed by atoms with Crippen LogP contribution in [0, 0.1) is 12.7 Å². The van der Waals surface area contributed by atoms with Crippen molar-refractivity contribution in [1.29, 1.82) is 0 Å². The number of hydrogen-bond acceptors (Lipinski definition) is 3. The Hall–Kier alpha value is -1.81. The van der Waals surface area contributed by atoms with Crippen molar-refractivity contribution in [2.24, 2.45) is 0 Å². The van der Waals surface area contributed by atoms with Crippen LogP contribution < -0.4 is 10.1 Å². The Kier molecular flexibility index (Phi) is 3.99. The molecule has 4 heteroatoms. The molecule has 0 amide bonds. The van der Waals surface area contributed by atoms with Crippen molar-refractivity contribution in [3.05, 3.63) is 53.2 Å². The van der Waals surface area contributed by atoms with Crippen LogP contribution in [0.4, 0.5) is 4.39 Å². The van der Waals surface area contributed by atoms with E-state index in [1.807, 2.05) is 13.1 Å². The number of furan rings is 1. The molecule has 0 aliphatic heterocycles. The molecule has 2 rings (SSSR count). The first-order chi connectivity index (χ1) is 8.70. The number of benzene rings is 1. The maximum atomic E-state index is 13.3. The minimum Gasteiger partial charge on any atom is -0.486 e. The third-order valence-electron chi connectivity index (χ3n) is 2.72. The molecule has 0 atom stereocenters. The zero-order valence-electron chi connectivity index (χ0n) is 10.5. The van der Waals surface area contributed by atoms with E-state index in [-0.39, 0.29) is 5.82 Å². The van der Waals surface area contributed by atoms with E-state index in [0.717, 1.165) is 17.9 Å². The molecule has 0 spiro atoms. The first kappa shape index (κ1) is 12.6. The van der Waals surface area contributed by atoms with Crippen molar-refractivity contribution in [3.8, 4) is 5.75 Å². The predicted molar refractivity (Wildman–Crippen MR) is 66.9 cm³/mol. The molecular weight excluding hydrogens is 233 g/mol. The van der Waals surface area contributed by atoms with E-state index in [4.69, 9.17) is 9.15 Å². The van der Waals surface area contributed by atoms with E-state index < -0.39 is 0 Å². The molecule has 0 aliphatic carbocycles. The largest absolute Gasteiger partial charge is 0.486 e. The number of rotatable bonds is 5. The van der Waals surface area contributed by atoms with Gasteiger partial charge in [0.25, 0.3) is 0 Å². The van der Waals surface area contributed by atoms with Crippen molar-refractivity contribution in [2.75, 3.05) is 7.05 Å². The lowest BCUT2D eigenvalue weighted by atomic mass is 10.2. The van der Waals surface area contributed by atoms with Gasteiger partial charge in [0, 0.05) is 18.2 Å². The number of halogens is 1. The molecule has 0 saturated carbocycles. The molecule has 0 unspecified atom stereocenters. The fourth-order valence-electron chi connectivity index (χ4n) is 1.65. The highest BCUT2D eigenvalue weighted by Crippen LogP contribution is 2.18. The molecule has 1 aromatic carbocycles. The molecule has 18 heavy (non-hydrogen) atoms. The standard InChI is InChI=1S/C14H16FNO2/c1-10-3-4-12(7-13(10)15)18-9-14-11(8-16-2)5-6-17-14/h3-7,16H,8-9H2,1-2H3. The average molecular weight is 249 g/mol. The molecule has 1 heterocycles. The van der Waals surface area contributed by atoms with E-state index in [0.29, 0.717) is 17.9 Å². The molecule has 0 saturated heterocycles. The summed E-state index contributed by atoms with van der Waals surface area (Å²) in [5, 5.41) is 3.05. The third-order valence-corrected chi connectivity index (χ3v) is 2.72. The van der Waals surface area contributed by atoms with E-state index in [2.05, 4.69) is 5.32 Å². The van der Waals surface area contributed by atoms with Gasteiger partial charge >= 0.3 is 0 Å². The minimum atomic E-state index is -0.262. The van der Waals surface area contributed by atoms with E-state index in [1.54, 1.807) is 25.3 Å². The summed E-state index contributed by atoms with van der Waals surface area (Å²) < 4.78 is 24.2. The summed E-state index contributed by atoms with van der Waals surface area (Å²) in [6.07, 6.45) is 1.63. The normalized spacial score (nSPS) is 10.6. The average Bonchev–Trinajstić information content (AvgIpc) is 2.79. The highest BCUT2D eigenvalue weighted by atomic mass is 19.1. The van der Waals surface area contributed by atoms with Crippen LogP contribution in [-0.4, -0.2) is 7.05 Å². The molecule has 0 aliphatic rings. The van der Waals surface area contributed by atoms with Crippen LogP contribution >= 0.6 is 0 Å². The maximum Gasteiger partial charge on any atom is 0.146 e. The Morgan fingerprint density at radius 1 is 1.33 bits per heavy atom. The summed E-state index contributed by atoms with van der Waals surface area (Å²) in [4.78, 5) is 0. The molecule has 0 radical (unpaired) electrons. The van der Waals surface area contributed by atoms with Crippen molar-refractivity contribution < 1.29 is 13.5 Å². The zero-order chi connectivity index (χ0) is 13.0. The lowest BCUT2D eigenvalue weighted by Gasteiger charge is -2.07. The van der Waals surface area contributed by atoms with E-state index in [1.165, 1.54) is 6.07 Å². The van der Waals surface area contributed by atoms with Gasteiger partial charge in [0.05, 0.1) is 6.26 Å². The van der Waals surface area contributed by atoms with Crippen LogP contribution in [0.3, 0.4) is 0 Å². The van der Waals surface area contributed by atoms with Gasteiger partial charge < -0.3 is 14.5 Å². The topological polar surface area (TPSA) is 34.4 Å². The lowest BCUT2D eigenvalue weighted by molar-refractivity contribution is 0.267. The summed E-state index contributed by atoms with van der Waals surface area (Å²) in [5.74, 6) is 0.998. The SMILES string of the molecule is CNCc1ccoc1COc1ccc(C)c(F)c1. The Bertz CT molecular complexity index is 522. The minimum absolute atomic E-state index is 0.262. The van der Waals surface area contributed by atoms with Gasteiger partial charge in [-0.05, 0) is 31.7 Å². The molecule has 2 aromatic rings. The Labute approximate surface area is 106 Å². The summed E-state index contributed by atoms with van der Waals surface area (Å²) in [7, 11) is 1.87. The first-order valence-electron chi connectivity index (χ1n) is 5.79. The Morgan fingerprint density at radius 3 is 2.89 bits per heavy atom. The molecular formula is C14H16FNO2. The van der Waals surface area contributed by atoms with E-state index >= 15 is 0 Å². The van der Waals surface area contributed by atoms with Crippen molar-refractivity contribution in [1.82, 2.24) is 5.32 Å². The van der Waals surface area contributed by atoms with Crippen molar-refractivity contribution >= 4 is 0 Å². The number of hydrogen-bond donors (Lipinski definition) is 1. The van der Waals surface area contributed by atoms with Gasteiger partial charge in [-0.2, -0.15) is 0 Å². The maximum absolute atomic E-state index is 13.3. The molecule has 3 nitrogen and oxygen atoms in total. The molecule has 96 valence electrons. The van der Waals surface area contributed by atoms with Crippen LogP contribution in [0.15, 0.2) is 34.9 Å². The number of nitrogens with one attached hydrogen (secondary N) is 1. The lowest BCUT2D eigenvalue weighted by Crippen LogP contribution is -2.07. The highest BCUT2D eigenvalue weighted by Gasteiger charge is 2.07. The second kappa shape index (κ2) is 5.69. The van der Waals surface area contributed by atoms with Crippen LogP contribution in [-0.2, 0) is 13.2 Å². The Balaban J connectivity index is 2.02. The first-order valence-corrected chi connectivity index (χ1v) is 5.79. The van der Waals surface area contributed by atoms with Gasteiger partial charge in [0.15, 0.2) is 0 Å². The molecule has 1 N–H and O–H groups in total. The molecule has 0 fully saturated rings. The fourth-order valence-corrected chi connectivity index (χ4v) is 1.65. The smallest absolute Gasteiger partial charge is 0.146 e.